The molecule has 6 N–H and O–H groups in total. The van der Waals surface area contributed by atoms with Gasteiger partial charge in [-0.05, 0) is 48.5 Å². The second kappa shape index (κ2) is 8.84. The van der Waals surface area contributed by atoms with Crippen LogP contribution in [0.4, 0.5) is 0 Å². The van der Waals surface area contributed by atoms with Gasteiger partial charge in [-0.2, -0.15) is 0 Å². The Morgan fingerprint density at radius 3 is 2.00 bits per heavy atom. The van der Waals surface area contributed by atoms with Crippen molar-refractivity contribution in [1.29, 1.82) is 0 Å². The van der Waals surface area contributed by atoms with Crippen molar-refractivity contribution < 1.29 is 39.5 Å². The highest BCUT2D eigenvalue weighted by atomic mass is 16.3. The van der Waals surface area contributed by atoms with E-state index in [1.807, 2.05) is 0 Å². The van der Waals surface area contributed by atoms with Crippen molar-refractivity contribution in [2.24, 2.45) is 0 Å². The van der Waals surface area contributed by atoms with E-state index < -0.39 is 33.9 Å². The largest absolute Gasteiger partial charge is 0.508 e. The van der Waals surface area contributed by atoms with E-state index in [0.29, 0.717) is 5.56 Å². The summed E-state index contributed by atoms with van der Waals surface area (Å²) in [7, 11) is 0. The van der Waals surface area contributed by atoms with Crippen LogP contribution in [0.2, 0.25) is 0 Å². The summed E-state index contributed by atoms with van der Waals surface area (Å²) in [4.78, 5) is 26.0. The van der Waals surface area contributed by atoms with E-state index in [0.717, 1.165) is 24.3 Å². The highest BCUT2D eigenvalue weighted by Gasteiger charge is 2.27. The number of fused-ring (bicyclic) bond motifs is 2. The Bertz CT molecular complexity index is 2100. The van der Waals surface area contributed by atoms with Gasteiger partial charge in [0.1, 0.15) is 50.9 Å². The summed E-state index contributed by atoms with van der Waals surface area (Å²) in [6.07, 6.45) is 0. The average Bonchev–Trinajstić information content (AvgIpc) is 2.90. The summed E-state index contributed by atoms with van der Waals surface area (Å²) in [6, 6.07) is 15.5. The number of hydrogen-bond donors (Lipinski definition) is 6. The van der Waals surface area contributed by atoms with E-state index in [-0.39, 0.29) is 61.6 Å². The predicted octanol–water partition coefficient (Wildman–Crippen LogP) is 5.13. The lowest BCUT2D eigenvalue weighted by atomic mass is 9.93. The quantitative estimate of drug-likeness (QED) is 0.165. The molecule has 0 aliphatic rings. The second-order valence-electron chi connectivity index (χ2n) is 9.00. The van der Waals surface area contributed by atoms with Crippen LogP contribution in [0.3, 0.4) is 0 Å². The molecule has 0 aliphatic carbocycles. The SMILES string of the molecule is O=c1cc(-c2ccc(O)c(O)c2-c2c(O)cc(O)c3c(=O)cc(-c4ccc(O)cc4)oc23)oc2cccc(O)c12. The Labute approximate surface area is 223 Å². The van der Waals surface area contributed by atoms with Crippen LogP contribution < -0.4 is 10.9 Å². The van der Waals surface area contributed by atoms with Crippen LogP contribution in [0.15, 0.2) is 91.2 Å². The van der Waals surface area contributed by atoms with Gasteiger partial charge in [0.15, 0.2) is 27.9 Å². The van der Waals surface area contributed by atoms with Crippen molar-refractivity contribution in [2.75, 3.05) is 0 Å². The molecule has 0 fully saturated rings. The third-order valence-corrected chi connectivity index (χ3v) is 6.52. The van der Waals surface area contributed by atoms with Gasteiger partial charge in [-0.25, -0.2) is 0 Å². The van der Waals surface area contributed by atoms with Crippen molar-refractivity contribution in [1.82, 2.24) is 0 Å². The average molecular weight is 538 g/mol. The molecule has 10 nitrogen and oxygen atoms in total. The molecule has 0 atom stereocenters. The monoisotopic (exact) mass is 538 g/mol. The molecule has 0 aliphatic heterocycles. The molecule has 198 valence electrons. The highest BCUT2D eigenvalue weighted by Crippen LogP contribution is 2.50. The van der Waals surface area contributed by atoms with E-state index >= 15 is 0 Å². The minimum atomic E-state index is -0.740. The third-order valence-electron chi connectivity index (χ3n) is 6.52. The summed E-state index contributed by atoms with van der Waals surface area (Å²) < 4.78 is 11.9. The first-order valence-electron chi connectivity index (χ1n) is 11.8. The van der Waals surface area contributed by atoms with E-state index in [9.17, 15) is 40.2 Å². The van der Waals surface area contributed by atoms with Crippen LogP contribution in [0, 0.1) is 0 Å². The van der Waals surface area contributed by atoms with E-state index in [1.165, 1.54) is 48.5 Å². The van der Waals surface area contributed by atoms with Gasteiger partial charge in [-0.15, -0.1) is 0 Å². The number of benzene rings is 4. The summed E-state index contributed by atoms with van der Waals surface area (Å²) in [5.41, 5.74) is -1.75. The maximum absolute atomic E-state index is 13.1. The molecule has 0 spiro atoms. The van der Waals surface area contributed by atoms with Crippen LogP contribution >= 0.6 is 0 Å². The van der Waals surface area contributed by atoms with Gasteiger partial charge in [-0.3, -0.25) is 9.59 Å². The molecule has 2 aromatic heterocycles. The Morgan fingerprint density at radius 1 is 0.550 bits per heavy atom. The smallest absolute Gasteiger partial charge is 0.197 e. The van der Waals surface area contributed by atoms with Gasteiger partial charge in [-0.1, -0.05) is 6.07 Å². The van der Waals surface area contributed by atoms with Crippen molar-refractivity contribution in [2.45, 2.75) is 0 Å². The molecule has 10 heteroatoms. The maximum Gasteiger partial charge on any atom is 0.197 e. The first-order chi connectivity index (χ1) is 19.1. The first kappa shape index (κ1) is 24.4. The second-order valence-corrected chi connectivity index (χ2v) is 9.00. The van der Waals surface area contributed by atoms with Gasteiger partial charge in [0.2, 0.25) is 0 Å². The van der Waals surface area contributed by atoms with Crippen molar-refractivity contribution in [3.63, 3.8) is 0 Å². The number of phenolic OH excluding ortho intramolecular Hbond substituents is 6. The molecule has 0 saturated carbocycles. The molecule has 6 rings (SSSR count). The topological polar surface area (TPSA) is 182 Å². The molecule has 0 radical (unpaired) electrons. The van der Waals surface area contributed by atoms with Crippen LogP contribution in [0.5, 0.6) is 34.5 Å². The molecule has 6 aromatic rings. The van der Waals surface area contributed by atoms with Gasteiger partial charge >= 0.3 is 0 Å². The molecule has 0 bridgehead atoms. The van der Waals surface area contributed by atoms with Crippen molar-refractivity contribution >= 4 is 21.9 Å². The number of hydrogen-bond acceptors (Lipinski definition) is 10. The van der Waals surface area contributed by atoms with Crippen LogP contribution in [0.25, 0.3) is 55.7 Å². The van der Waals surface area contributed by atoms with Gasteiger partial charge in [0, 0.05) is 34.9 Å². The Kier molecular flexibility index (Phi) is 5.40. The lowest BCUT2D eigenvalue weighted by Crippen LogP contribution is -2.03. The first-order valence-corrected chi connectivity index (χ1v) is 11.8. The maximum atomic E-state index is 13.1. The molecule has 4 aromatic carbocycles. The highest BCUT2D eigenvalue weighted by molar-refractivity contribution is 6.05. The zero-order valence-corrected chi connectivity index (χ0v) is 20.2. The van der Waals surface area contributed by atoms with Gasteiger partial charge < -0.3 is 39.5 Å². The minimum Gasteiger partial charge on any atom is -0.508 e. The molecule has 2 heterocycles. The molecule has 0 saturated heterocycles. The van der Waals surface area contributed by atoms with Crippen molar-refractivity contribution in [3.05, 3.63) is 93.2 Å². The Balaban J connectivity index is 1.72. The van der Waals surface area contributed by atoms with Crippen LogP contribution in [0.1, 0.15) is 0 Å². The minimum absolute atomic E-state index is 0.0117. The fourth-order valence-electron chi connectivity index (χ4n) is 4.67. The molecule has 0 amide bonds. The Morgan fingerprint density at radius 2 is 1.25 bits per heavy atom. The Hall–Kier alpha value is -5.90. The molecular weight excluding hydrogens is 520 g/mol. The van der Waals surface area contributed by atoms with Crippen LogP contribution in [-0.2, 0) is 0 Å². The number of phenols is 6. The summed E-state index contributed by atoms with van der Waals surface area (Å²) >= 11 is 0. The third kappa shape index (κ3) is 3.74. The van der Waals surface area contributed by atoms with E-state index in [1.54, 1.807) is 0 Å². The van der Waals surface area contributed by atoms with Crippen LogP contribution in [-0.4, -0.2) is 30.6 Å². The fourth-order valence-corrected chi connectivity index (χ4v) is 4.67. The van der Waals surface area contributed by atoms with Gasteiger partial charge in [0.05, 0.1) is 5.56 Å². The molecule has 0 unspecified atom stereocenters. The van der Waals surface area contributed by atoms with Crippen molar-refractivity contribution in [3.8, 4) is 68.3 Å². The fraction of sp³-hybridized carbons (Fsp3) is 0. The molecule has 40 heavy (non-hydrogen) atoms. The summed E-state index contributed by atoms with van der Waals surface area (Å²) in [5, 5.41) is 62.3. The summed E-state index contributed by atoms with van der Waals surface area (Å²) in [6.45, 7) is 0. The zero-order chi connectivity index (χ0) is 28.3. The van der Waals surface area contributed by atoms with Gasteiger partial charge in [0.25, 0.3) is 0 Å². The molecular formula is C30H18O10. The lowest BCUT2D eigenvalue weighted by molar-refractivity contribution is 0.404. The normalized spacial score (nSPS) is 11.3. The van der Waals surface area contributed by atoms with E-state index in [2.05, 4.69) is 0 Å². The number of rotatable bonds is 3. The van der Waals surface area contributed by atoms with E-state index in [4.69, 9.17) is 8.83 Å². The number of aromatic hydroxyl groups is 6. The zero-order valence-electron chi connectivity index (χ0n) is 20.2. The lowest BCUT2D eigenvalue weighted by Gasteiger charge is -2.16. The summed E-state index contributed by atoms with van der Waals surface area (Å²) in [5.74, 6) is -2.98. The predicted molar refractivity (Wildman–Crippen MR) is 145 cm³/mol. The standard InChI is InChI=1S/C30H18O10/c31-14-6-4-13(5-7-14)23-11-21(37)27-18(34)10-19(35)28(30(27)40-23)25-15(8-9-17(33)29(25)38)24-12-20(36)26-16(32)2-1-3-22(26)39-24/h1-12,31-35,38H.